The highest BCUT2D eigenvalue weighted by Gasteiger charge is 2.60. The minimum absolute atomic E-state index is 0. The summed E-state index contributed by atoms with van der Waals surface area (Å²) in [5, 5.41) is 0. The van der Waals surface area contributed by atoms with E-state index >= 15 is 0 Å². The van der Waals surface area contributed by atoms with Gasteiger partial charge in [0.05, 0.1) is 27.7 Å². The monoisotopic (exact) mass is 1500 g/mol. The maximum Gasteiger partial charge on any atom is 0.0645 e. The molecular weight excluding hydrogens is 1340 g/mol. The lowest BCUT2D eigenvalue weighted by Crippen LogP contribution is -2.63. The molecule has 5 heteroatoms. The molecule has 0 N–H and O–H groups in total. The molecule has 7 aromatic rings. The summed E-state index contributed by atoms with van der Waals surface area (Å²) in [6.45, 7) is 49.9. The van der Waals surface area contributed by atoms with Crippen molar-refractivity contribution < 1.29 is 0 Å². The summed E-state index contributed by atoms with van der Waals surface area (Å²) in [5.74, 6) is 3.91. The van der Waals surface area contributed by atoms with E-state index in [2.05, 4.69) is 319 Å². The van der Waals surface area contributed by atoms with Gasteiger partial charge in [-0.15, -0.1) is 0 Å². The van der Waals surface area contributed by atoms with Gasteiger partial charge >= 0.3 is 0 Å². The largest absolute Gasteiger partial charge is 0.358 e. The first-order valence-corrected chi connectivity index (χ1v) is 42.1. The van der Waals surface area contributed by atoms with E-state index in [4.69, 9.17) is 0 Å². The molecule has 0 radical (unpaired) electrons. The molecule has 6 aliphatic carbocycles. The predicted molar refractivity (Wildman–Crippen MR) is 504 cm³/mol. The topological polar surface area (TPSA) is 16.2 Å². The third kappa shape index (κ3) is 22.2. The van der Waals surface area contributed by atoms with Crippen molar-refractivity contribution in [1.82, 2.24) is 0 Å². The van der Waals surface area contributed by atoms with Crippen molar-refractivity contribution in [3.63, 3.8) is 0 Å². The van der Waals surface area contributed by atoms with Gasteiger partial charge in [0.2, 0.25) is 0 Å². The first-order chi connectivity index (χ1) is 51.3. The molecule has 0 saturated heterocycles. The van der Waals surface area contributed by atoms with E-state index in [1.807, 2.05) is 69.2 Å². The molecule has 5 heterocycles. The van der Waals surface area contributed by atoms with E-state index in [9.17, 15) is 0 Å². The summed E-state index contributed by atoms with van der Waals surface area (Å²) in [7, 11) is 0. The Morgan fingerprint density at radius 1 is 0.297 bits per heavy atom. The second-order valence-electron chi connectivity index (χ2n) is 31.7. The molecule has 11 aliphatic rings. The summed E-state index contributed by atoms with van der Waals surface area (Å²) in [6.07, 6.45) is 39.3. The standard InChI is InChI=1S/C21H25N.C20H25N.C19H21N.C16H21N.C15H19N.5C2H6.5CH4/c1-15-10-16(2)12-18(11-15)19-13-21(4,5)22(14-19)20-9-7-6-8-17(20)3;1-14-5-2-3-6-19(14)21-8-4-7-20(21)17-10-15-9-16(12-17)13-18(20)11-15;1-15-9-7-8-12-18(15)20-14-17(13-19(20,2)3)16-10-5-4-6-11-16;1-14-8-3-4-9-15(14)17-13-7-12-16(17)10-5-2-6-11-16;1-13-7-2-3-8-14(13)16-12-6-11-15(16)9-4-5-10-15;5*1-2;;;;;/h6-13H,14H2,1-5H3;2-7,15-18H,8-13H2,1H3;4-13H,14H2,1-3H3;3-4,7-9,12H,2,5-6,10-11,13H2,1H3;2-3,6-8,11H,4-5,9-10,12H2,1H3;5*1-2H3;5*1H4. The molecule has 18 rings (SSSR count). The number of benzene rings is 7. The van der Waals surface area contributed by atoms with Gasteiger partial charge in [-0.05, 0) is 238 Å². The molecule has 6 saturated carbocycles. The van der Waals surface area contributed by atoms with E-state index in [-0.39, 0.29) is 48.2 Å². The Labute approximate surface area is 685 Å². The molecule has 0 unspecified atom stereocenters. The minimum Gasteiger partial charge on any atom is -0.358 e. The number of hydrogen-bond donors (Lipinski definition) is 0. The van der Waals surface area contributed by atoms with Crippen LogP contribution in [-0.4, -0.2) is 60.4 Å². The fraction of sp³-hybridized carbons (Fsp3) is 0.509. The van der Waals surface area contributed by atoms with Gasteiger partial charge in [-0.25, -0.2) is 0 Å². The molecule has 0 aromatic heterocycles. The van der Waals surface area contributed by atoms with Crippen molar-refractivity contribution in [3.05, 3.63) is 269 Å². The molecule has 3 spiro atoms. The number of anilines is 5. The average molecular weight is 1510 g/mol. The van der Waals surface area contributed by atoms with Crippen LogP contribution in [0, 0.1) is 72.1 Å². The number of rotatable bonds is 7. The van der Waals surface area contributed by atoms with E-state index in [0.717, 1.165) is 56.4 Å². The van der Waals surface area contributed by atoms with Crippen LogP contribution in [-0.2, 0) is 0 Å². The first-order valence-electron chi connectivity index (χ1n) is 42.1. The number of aryl methyl sites for hydroxylation is 7. The summed E-state index contributed by atoms with van der Waals surface area (Å²) in [5.41, 5.74) is 23.3. The third-order valence-corrected chi connectivity index (χ3v) is 24.2. The molecule has 0 atom stereocenters. The van der Waals surface area contributed by atoms with Crippen molar-refractivity contribution in [2.45, 2.75) is 300 Å². The Balaban J connectivity index is 0.000000347. The second-order valence-corrected chi connectivity index (χ2v) is 31.7. The maximum absolute atomic E-state index is 2.77. The fourth-order valence-electron chi connectivity index (χ4n) is 19.7. The van der Waals surface area contributed by atoms with Gasteiger partial charge in [0.25, 0.3) is 0 Å². The Morgan fingerprint density at radius 2 is 0.586 bits per heavy atom. The van der Waals surface area contributed by atoms with Gasteiger partial charge in [0.1, 0.15) is 0 Å². The Kier molecular flexibility index (Phi) is 39.7. The molecule has 7 aromatic carbocycles. The first kappa shape index (κ1) is 97.4. The summed E-state index contributed by atoms with van der Waals surface area (Å²) in [4.78, 5) is 13.0. The zero-order valence-corrected chi connectivity index (χ0v) is 70.3. The molecule has 0 amide bonds. The van der Waals surface area contributed by atoms with Crippen LogP contribution in [0.4, 0.5) is 28.4 Å². The molecule has 610 valence electrons. The average Bonchev–Trinajstić information content (AvgIpc) is 1.70. The smallest absolute Gasteiger partial charge is 0.0645 e. The van der Waals surface area contributed by atoms with Gasteiger partial charge in [0, 0.05) is 61.2 Å². The zero-order chi connectivity index (χ0) is 76.8. The van der Waals surface area contributed by atoms with Gasteiger partial charge in [-0.1, -0.05) is 338 Å². The highest BCUT2D eigenvalue weighted by molar-refractivity contribution is 5.79. The molecule has 6 fully saturated rings. The van der Waals surface area contributed by atoms with E-state index in [1.54, 1.807) is 0 Å². The number of para-hydroxylation sites is 5. The van der Waals surface area contributed by atoms with E-state index < -0.39 is 0 Å². The second kappa shape index (κ2) is 45.2. The van der Waals surface area contributed by atoms with Crippen LogP contribution in [0.1, 0.15) is 274 Å². The van der Waals surface area contributed by atoms with Crippen LogP contribution >= 0.6 is 0 Å². The molecule has 5 aliphatic heterocycles. The van der Waals surface area contributed by atoms with Crippen molar-refractivity contribution in [3.8, 4) is 0 Å². The molecule has 5 nitrogen and oxygen atoms in total. The molecule has 111 heavy (non-hydrogen) atoms. The normalized spacial score (nSPS) is 21.5. The maximum atomic E-state index is 2.77. The van der Waals surface area contributed by atoms with Crippen LogP contribution in [0.2, 0.25) is 0 Å². The van der Waals surface area contributed by atoms with Gasteiger partial charge in [0.15, 0.2) is 0 Å². The van der Waals surface area contributed by atoms with Crippen molar-refractivity contribution in [1.29, 1.82) is 0 Å². The summed E-state index contributed by atoms with van der Waals surface area (Å²) in [6, 6.07) is 61.4. The summed E-state index contributed by atoms with van der Waals surface area (Å²) < 4.78 is 0. The molecular formula is C106H161N5. The van der Waals surface area contributed by atoms with Crippen molar-refractivity contribution >= 4 is 39.6 Å². The number of nitrogens with zero attached hydrogens (tertiary/aromatic N) is 5. The number of hydrogen-bond acceptors (Lipinski definition) is 5. The fourth-order valence-corrected chi connectivity index (χ4v) is 19.7. The lowest BCUT2D eigenvalue weighted by molar-refractivity contribution is -0.0333. The van der Waals surface area contributed by atoms with E-state index in [0.29, 0.717) is 16.6 Å². The Morgan fingerprint density at radius 3 is 0.937 bits per heavy atom. The lowest BCUT2D eigenvalue weighted by atomic mass is 9.48. The predicted octanol–water partition coefficient (Wildman–Crippen LogP) is 30.6. The molecule has 4 bridgehead atoms. The summed E-state index contributed by atoms with van der Waals surface area (Å²) >= 11 is 0. The van der Waals surface area contributed by atoms with Crippen LogP contribution in [0.15, 0.2) is 218 Å². The van der Waals surface area contributed by atoms with Crippen LogP contribution in [0.25, 0.3) is 11.1 Å². The highest BCUT2D eigenvalue weighted by atomic mass is 15.2. The highest BCUT2D eigenvalue weighted by Crippen LogP contribution is 2.62. The lowest BCUT2D eigenvalue weighted by Gasteiger charge is -2.63. The van der Waals surface area contributed by atoms with Gasteiger partial charge in [-0.2, -0.15) is 0 Å². The van der Waals surface area contributed by atoms with Crippen LogP contribution in [0.5, 0.6) is 0 Å². The Hall–Kier alpha value is -7.76. The quantitative estimate of drug-likeness (QED) is 0.147. The van der Waals surface area contributed by atoms with Crippen LogP contribution in [0.3, 0.4) is 0 Å². The van der Waals surface area contributed by atoms with Crippen LogP contribution < -0.4 is 24.5 Å². The van der Waals surface area contributed by atoms with E-state index in [1.165, 1.54) is 180 Å². The van der Waals surface area contributed by atoms with Crippen molar-refractivity contribution in [2.75, 3.05) is 57.2 Å². The zero-order valence-electron chi connectivity index (χ0n) is 70.3. The SMILES string of the molecule is C.C.C.C.C.CC.CC.CC.CC.CC.Cc1cc(C)cc(C2=CC(C)(C)N(c3ccccc3C)C2)c1.Cc1ccccc1N1CC(c2ccccc2)=CC1(C)C.Cc1ccccc1N1CC=CC12C1CC3CC(C1)CC2C3.Cc1ccccc1N1CC=CC12CCCC2.Cc1ccccc1N1CC=CC12CCCCC2. The Bertz CT molecular complexity index is 3960. The van der Waals surface area contributed by atoms with Gasteiger partial charge < -0.3 is 24.5 Å². The van der Waals surface area contributed by atoms with Crippen molar-refractivity contribution in [2.24, 2.45) is 23.7 Å². The third-order valence-electron chi connectivity index (χ3n) is 24.2. The van der Waals surface area contributed by atoms with Gasteiger partial charge in [-0.3, -0.25) is 0 Å². The minimum atomic E-state index is 0.